The van der Waals surface area contributed by atoms with E-state index in [9.17, 15) is 14.4 Å². The van der Waals surface area contributed by atoms with Crippen LogP contribution in [0, 0.1) is 0 Å². The van der Waals surface area contributed by atoms with Crippen molar-refractivity contribution in [3.8, 4) is 0 Å². The molecule has 0 aromatic heterocycles. The number of allylic oxidation sites excluding steroid dienone is 12. The fraction of sp³-hybridized carbons (Fsp3) is 0.559. The first kappa shape index (κ1) is 36.8. The van der Waals surface area contributed by atoms with Crippen molar-refractivity contribution in [3.05, 3.63) is 72.9 Å². The van der Waals surface area contributed by atoms with Gasteiger partial charge in [0.1, 0.15) is 12.6 Å². The molecule has 0 saturated heterocycles. The topological polar surface area (TPSA) is 92.7 Å². The van der Waals surface area contributed by atoms with E-state index in [0.29, 0.717) is 25.7 Å². The number of hydrogen-bond donors (Lipinski definition) is 2. The van der Waals surface area contributed by atoms with Gasteiger partial charge in [0.15, 0.2) is 0 Å². The third kappa shape index (κ3) is 27.9. The van der Waals surface area contributed by atoms with Crippen molar-refractivity contribution >= 4 is 17.8 Å². The summed E-state index contributed by atoms with van der Waals surface area (Å²) >= 11 is 0. The van der Waals surface area contributed by atoms with E-state index in [2.05, 4.69) is 86.0 Å². The highest BCUT2D eigenvalue weighted by atomic mass is 16.5. The van der Waals surface area contributed by atoms with Crippen molar-refractivity contribution in [1.29, 1.82) is 0 Å². The lowest BCUT2D eigenvalue weighted by atomic mass is 10.1. The Morgan fingerprint density at radius 1 is 0.675 bits per heavy atom. The number of hydrogen-bond acceptors (Lipinski definition) is 4. The highest BCUT2D eigenvalue weighted by Crippen LogP contribution is 2.14. The lowest BCUT2D eigenvalue weighted by Crippen LogP contribution is -2.28. The van der Waals surface area contributed by atoms with E-state index in [1.54, 1.807) is 0 Å². The average Bonchev–Trinajstić information content (AvgIpc) is 2.93. The first-order valence-electron chi connectivity index (χ1n) is 15.1. The van der Waals surface area contributed by atoms with Crippen LogP contribution >= 0.6 is 0 Å². The molecule has 1 atom stereocenters. The fourth-order valence-electron chi connectivity index (χ4n) is 3.77. The summed E-state index contributed by atoms with van der Waals surface area (Å²) in [4.78, 5) is 34.2. The molecule has 224 valence electrons. The summed E-state index contributed by atoms with van der Waals surface area (Å²) in [6.45, 7) is 3.88. The summed E-state index contributed by atoms with van der Waals surface area (Å²) in [5.74, 6) is -1.45. The molecule has 0 heterocycles. The molecule has 0 aromatic rings. The Bertz CT molecular complexity index is 835. The third-order valence-corrected chi connectivity index (χ3v) is 5.89. The SMILES string of the molecule is CC/C=C\C/C=C\C/C=C\C/C=C\C/C=C\C/C=C\CCC(=O)OC(CCC)CCCCCC(=O)NCC(=O)O. The minimum Gasteiger partial charge on any atom is -0.480 e. The van der Waals surface area contributed by atoms with Gasteiger partial charge in [-0.15, -0.1) is 0 Å². The minimum atomic E-state index is -1.04. The van der Waals surface area contributed by atoms with Crippen LogP contribution in [0.15, 0.2) is 72.9 Å². The maximum Gasteiger partial charge on any atom is 0.322 e. The van der Waals surface area contributed by atoms with Crippen LogP contribution in [0.25, 0.3) is 0 Å². The lowest BCUT2D eigenvalue weighted by molar-refractivity contribution is -0.149. The first-order chi connectivity index (χ1) is 19.5. The zero-order valence-electron chi connectivity index (χ0n) is 24.9. The number of unbranched alkanes of at least 4 members (excludes halogenated alkanes) is 2. The molecular weight excluding hydrogens is 502 g/mol. The standard InChI is InChI=1S/C34H53NO5/c1-3-5-6-7-8-9-10-11-12-13-14-15-16-17-18-19-20-21-25-29-34(39)40-31(26-4-2)27-23-22-24-28-32(36)35-30-33(37)38/h5-6,8-9,11-12,14-15,17-18,20-21,31H,3-4,7,10,13,16,19,22-30H2,1-2H3,(H,35,36)(H,37,38)/b6-5-,9-8-,12-11-,15-14-,18-17-,21-20-. The van der Waals surface area contributed by atoms with Crippen LogP contribution in [0.4, 0.5) is 0 Å². The molecule has 0 radical (unpaired) electrons. The van der Waals surface area contributed by atoms with E-state index in [0.717, 1.165) is 70.6 Å². The number of ether oxygens (including phenoxy) is 1. The van der Waals surface area contributed by atoms with E-state index in [1.165, 1.54) is 0 Å². The quantitative estimate of drug-likeness (QED) is 0.0671. The number of carbonyl (C=O) groups is 3. The molecule has 0 spiro atoms. The lowest BCUT2D eigenvalue weighted by Gasteiger charge is -2.17. The van der Waals surface area contributed by atoms with E-state index >= 15 is 0 Å². The molecule has 1 amide bonds. The highest BCUT2D eigenvalue weighted by Gasteiger charge is 2.13. The van der Waals surface area contributed by atoms with Gasteiger partial charge in [-0.25, -0.2) is 0 Å². The van der Waals surface area contributed by atoms with Gasteiger partial charge in [0.25, 0.3) is 0 Å². The molecule has 6 nitrogen and oxygen atoms in total. The van der Waals surface area contributed by atoms with E-state index in [4.69, 9.17) is 9.84 Å². The smallest absolute Gasteiger partial charge is 0.322 e. The van der Waals surface area contributed by atoms with Crippen LogP contribution in [0.2, 0.25) is 0 Å². The number of amides is 1. The first-order valence-corrected chi connectivity index (χ1v) is 15.1. The van der Waals surface area contributed by atoms with Crippen LogP contribution in [-0.2, 0) is 19.1 Å². The number of nitrogens with one attached hydrogen (secondary N) is 1. The van der Waals surface area contributed by atoms with Crippen molar-refractivity contribution in [1.82, 2.24) is 5.32 Å². The zero-order valence-corrected chi connectivity index (χ0v) is 24.9. The fourth-order valence-corrected chi connectivity index (χ4v) is 3.77. The summed E-state index contributed by atoms with van der Waals surface area (Å²) in [6.07, 6.45) is 38.1. The predicted molar refractivity (Wildman–Crippen MR) is 166 cm³/mol. The van der Waals surface area contributed by atoms with Gasteiger partial charge >= 0.3 is 11.9 Å². The van der Waals surface area contributed by atoms with E-state index in [-0.39, 0.29) is 24.5 Å². The second-order valence-corrected chi connectivity index (χ2v) is 9.62. The van der Waals surface area contributed by atoms with Crippen molar-refractivity contribution in [2.45, 2.75) is 116 Å². The Labute approximate surface area is 243 Å². The van der Waals surface area contributed by atoms with Crippen molar-refractivity contribution < 1.29 is 24.2 Å². The van der Waals surface area contributed by atoms with Crippen LogP contribution in [-0.4, -0.2) is 35.6 Å². The minimum absolute atomic E-state index is 0.0800. The third-order valence-electron chi connectivity index (χ3n) is 5.89. The van der Waals surface area contributed by atoms with Gasteiger partial charge in [0.2, 0.25) is 5.91 Å². The molecule has 0 fully saturated rings. The van der Waals surface area contributed by atoms with E-state index < -0.39 is 5.97 Å². The number of esters is 1. The number of carboxylic acids is 1. The van der Waals surface area contributed by atoms with Crippen LogP contribution in [0.1, 0.15) is 110 Å². The largest absolute Gasteiger partial charge is 0.480 e. The summed E-state index contributed by atoms with van der Waals surface area (Å²) in [6, 6.07) is 0. The van der Waals surface area contributed by atoms with Crippen LogP contribution in [0.3, 0.4) is 0 Å². The number of carboxylic acid groups (broad SMARTS) is 1. The molecule has 0 bridgehead atoms. The van der Waals surface area contributed by atoms with E-state index in [1.807, 2.05) is 6.08 Å². The van der Waals surface area contributed by atoms with Gasteiger partial charge in [-0.05, 0) is 70.6 Å². The number of rotatable bonds is 25. The molecule has 0 rings (SSSR count). The highest BCUT2D eigenvalue weighted by molar-refractivity contribution is 5.80. The van der Waals surface area contributed by atoms with Crippen molar-refractivity contribution in [2.24, 2.45) is 0 Å². The molecular formula is C34H53NO5. The Balaban J connectivity index is 3.88. The maximum atomic E-state index is 12.2. The molecule has 0 aromatic carbocycles. The number of carbonyl (C=O) groups excluding carboxylic acids is 2. The monoisotopic (exact) mass is 555 g/mol. The molecule has 1 unspecified atom stereocenters. The average molecular weight is 556 g/mol. The number of aliphatic carboxylic acids is 1. The Morgan fingerprint density at radius 3 is 1.70 bits per heavy atom. The molecule has 0 aliphatic carbocycles. The molecule has 0 aliphatic heterocycles. The maximum absolute atomic E-state index is 12.2. The predicted octanol–water partition coefficient (Wildman–Crippen LogP) is 8.33. The zero-order chi connectivity index (χ0) is 29.5. The van der Waals surface area contributed by atoms with Gasteiger partial charge in [-0.3, -0.25) is 14.4 Å². The van der Waals surface area contributed by atoms with Crippen molar-refractivity contribution in [3.63, 3.8) is 0 Å². The van der Waals surface area contributed by atoms with Gasteiger partial charge in [0.05, 0.1) is 0 Å². The Hall–Kier alpha value is -3.15. The molecule has 2 N–H and O–H groups in total. The molecule has 0 saturated carbocycles. The summed E-state index contributed by atoms with van der Waals surface area (Å²) in [5, 5.41) is 10.9. The van der Waals surface area contributed by atoms with Gasteiger partial charge in [-0.2, -0.15) is 0 Å². The summed E-state index contributed by atoms with van der Waals surface area (Å²) in [5.41, 5.74) is 0. The molecule has 6 heteroatoms. The van der Waals surface area contributed by atoms with Crippen molar-refractivity contribution in [2.75, 3.05) is 6.54 Å². The van der Waals surface area contributed by atoms with Gasteiger partial charge in [0, 0.05) is 12.8 Å². The molecule has 0 aliphatic rings. The Morgan fingerprint density at radius 2 is 1.20 bits per heavy atom. The van der Waals surface area contributed by atoms with Crippen LogP contribution < -0.4 is 5.32 Å². The van der Waals surface area contributed by atoms with Crippen LogP contribution in [0.5, 0.6) is 0 Å². The second kappa shape index (κ2) is 28.8. The Kier molecular flexibility index (Phi) is 26.6. The summed E-state index contributed by atoms with van der Waals surface area (Å²) in [7, 11) is 0. The second-order valence-electron chi connectivity index (χ2n) is 9.62. The normalized spacial score (nSPS) is 13.1. The van der Waals surface area contributed by atoms with Gasteiger partial charge < -0.3 is 15.2 Å². The summed E-state index contributed by atoms with van der Waals surface area (Å²) < 4.78 is 5.67. The molecule has 40 heavy (non-hydrogen) atoms. The van der Waals surface area contributed by atoms with Gasteiger partial charge in [-0.1, -0.05) is 99.6 Å².